The maximum absolute atomic E-state index is 13.4. The van der Waals surface area contributed by atoms with Gasteiger partial charge in [0.25, 0.3) is 0 Å². The van der Waals surface area contributed by atoms with Crippen molar-refractivity contribution in [1.29, 1.82) is 0 Å². The Morgan fingerprint density at radius 3 is 0.678 bits per heavy atom. The Morgan fingerprint density at radius 2 is 0.434 bits per heavy atom. The van der Waals surface area contributed by atoms with Gasteiger partial charge in [-0.25, -0.2) is 28.8 Å². The molecule has 808 valence electrons. The van der Waals surface area contributed by atoms with Crippen molar-refractivity contribution < 1.29 is 76.1 Å². The third-order valence-electron chi connectivity index (χ3n) is 27.9. The van der Waals surface area contributed by atoms with E-state index in [9.17, 15) is 28.8 Å². The maximum atomic E-state index is 13.4. The Bertz CT molecular complexity index is 4050. The number of unbranched alkanes of at least 4 members (excludes halogenated alkanes) is 60. The molecule has 0 aliphatic rings. The average Bonchev–Trinajstić information content (AvgIpc) is 0.774. The van der Waals surface area contributed by atoms with Crippen LogP contribution in [0.25, 0.3) is 0 Å². The zero-order chi connectivity index (χ0) is 103. The summed E-state index contributed by atoms with van der Waals surface area (Å²) in [4.78, 5) is 76.9. The van der Waals surface area contributed by atoms with Crippen molar-refractivity contribution in [2.24, 2.45) is 0 Å². The topological polar surface area (TPSA) is 195 Å². The Labute approximate surface area is 872 Å². The highest BCUT2D eigenvalue weighted by Crippen LogP contribution is 2.41. The summed E-state index contributed by atoms with van der Waals surface area (Å²) < 4.78 is 60.7. The summed E-state index contributed by atoms with van der Waals surface area (Å²) in [5, 5.41) is 0. The minimum atomic E-state index is -0.713. The molecule has 0 N–H and O–H groups in total. The van der Waals surface area contributed by atoms with Crippen molar-refractivity contribution in [2.75, 3.05) is 67.1 Å². The molecule has 0 saturated heterocycles. The largest absolute Gasteiger partial charge is 0.490 e. The van der Waals surface area contributed by atoms with E-state index >= 15 is 0 Å². The second-order valence-electron chi connectivity index (χ2n) is 41.0. The van der Waals surface area contributed by atoms with Crippen LogP contribution in [-0.4, -0.2) is 103 Å². The van der Waals surface area contributed by atoms with E-state index < -0.39 is 35.8 Å². The van der Waals surface area contributed by atoms with Gasteiger partial charge in [0.05, 0.1) is 14.2 Å². The normalized spacial score (nSPS) is 11.4. The average molecular weight is 1990 g/mol. The molecule has 143 heavy (non-hydrogen) atoms. The van der Waals surface area contributed by atoms with Crippen LogP contribution in [0.2, 0.25) is 0 Å². The summed E-state index contributed by atoms with van der Waals surface area (Å²) in [5.74, 6) is -1.06. The van der Waals surface area contributed by atoms with E-state index in [2.05, 4.69) is 96.3 Å². The second kappa shape index (κ2) is 88.0. The minimum absolute atomic E-state index is 0.0306. The molecule has 0 atom stereocenters. The molecule has 0 saturated carbocycles. The number of hydrogen-bond donors (Lipinski definition) is 0. The van der Waals surface area contributed by atoms with Crippen LogP contribution in [0.3, 0.4) is 0 Å². The minimum Gasteiger partial charge on any atom is -0.490 e. The molecular weight excluding hydrogens is 1780 g/mol. The van der Waals surface area contributed by atoms with Crippen molar-refractivity contribution in [3.05, 3.63) is 164 Å². The van der Waals surface area contributed by atoms with Gasteiger partial charge in [-0.1, -0.05) is 482 Å². The van der Waals surface area contributed by atoms with E-state index in [-0.39, 0.29) is 58.4 Å². The summed E-state index contributed by atoms with van der Waals surface area (Å²) >= 11 is 0. The van der Waals surface area contributed by atoms with Crippen LogP contribution in [0.4, 0.5) is 0 Å². The number of carbonyl (C=O) groups is 6. The first-order valence-corrected chi connectivity index (χ1v) is 58.5. The van der Waals surface area contributed by atoms with Gasteiger partial charge in [-0.2, -0.15) is 0 Å². The molecule has 4 aromatic rings. The van der Waals surface area contributed by atoms with Gasteiger partial charge in [0.15, 0.2) is 0 Å². The summed E-state index contributed by atoms with van der Waals surface area (Å²) in [6.45, 7) is 22.3. The van der Waals surface area contributed by atoms with E-state index in [4.69, 9.17) is 47.4 Å². The number of aryl methyl sites for hydroxylation is 5. The van der Waals surface area contributed by atoms with Crippen LogP contribution in [-0.2, 0) is 109 Å². The quantitative estimate of drug-likeness (QED) is 0.0175. The molecular formula is C127H204O16. The lowest BCUT2D eigenvalue weighted by Crippen LogP contribution is -2.16. The Morgan fingerprint density at radius 1 is 0.231 bits per heavy atom. The molecule has 16 heteroatoms. The molecule has 4 aromatic carbocycles. The van der Waals surface area contributed by atoms with E-state index in [1.54, 1.807) is 13.8 Å². The molecule has 0 heterocycles. The van der Waals surface area contributed by atoms with Crippen LogP contribution in [0.15, 0.2) is 103 Å². The van der Waals surface area contributed by atoms with Crippen LogP contribution < -0.4 is 18.9 Å². The summed E-state index contributed by atoms with van der Waals surface area (Å²) in [7, 11) is 2.52. The lowest BCUT2D eigenvalue weighted by molar-refractivity contribution is -0.140. The standard InChI is InChI=1S/C127H204O16/c1-12-17-21-25-29-33-37-41-45-49-53-57-61-65-69-73-77-107-81-82-118(136-87-88-137-121(130)85-83-119(128)134-10)112(95-107)102-113-98-109(79-75-71-67-63-59-55-51-47-43-39-35-31-27-23-19-14-3)99-116(124(113)141-92-94-143-127(133)106(8)9)104-117-101-110(80-76-72-68-64-60-56-52-48-44-40-36-32-28-24-20-15-4)100-115(125(117)140-90-89-138-122(131)86-84-120(129)135-11)103-114-97-108(96-111(16-5)123(114)139-91-93-142-126(132)105(6)7)78-74-70-66-62-58-54-50-46-42-38-34-30-26-22-18-13-2/h81-86,95-101H,6,8,12-80,87-94,102-104H2,1-5,7,9-11H3/b85-83-,86-84-. The van der Waals surface area contributed by atoms with Crippen LogP contribution in [0.5, 0.6) is 23.0 Å². The van der Waals surface area contributed by atoms with Crippen molar-refractivity contribution in [1.82, 2.24) is 0 Å². The van der Waals surface area contributed by atoms with Gasteiger partial charge in [-0.3, -0.25) is 0 Å². The van der Waals surface area contributed by atoms with E-state index in [1.807, 2.05) is 6.07 Å². The predicted octanol–water partition coefficient (Wildman–Crippen LogP) is 34.5. The molecule has 0 amide bonds. The number of esters is 6. The summed E-state index contributed by atoms with van der Waals surface area (Å²) in [6, 6.07) is 20.4. The fourth-order valence-corrected chi connectivity index (χ4v) is 19.5. The zero-order valence-electron chi connectivity index (χ0n) is 92.5. The predicted molar refractivity (Wildman–Crippen MR) is 594 cm³/mol. The fraction of sp³-hybridized carbons (Fsp3) is 0.701. The second-order valence-corrected chi connectivity index (χ2v) is 41.0. The summed E-state index contributed by atoms with van der Waals surface area (Å²) in [6.07, 6.45) is 91.5. The van der Waals surface area contributed by atoms with Crippen LogP contribution in [0, 0.1) is 0 Å². The lowest BCUT2D eigenvalue weighted by atomic mass is 9.89. The third-order valence-corrected chi connectivity index (χ3v) is 27.9. The first kappa shape index (κ1) is 127. The lowest BCUT2D eigenvalue weighted by Gasteiger charge is -2.23. The molecule has 16 nitrogen and oxygen atoms in total. The molecule has 4 rings (SSSR count). The monoisotopic (exact) mass is 1990 g/mol. The molecule has 0 bridgehead atoms. The van der Waals surface area contributed by atoms with Crippen LogP contribution in [0.1, 0.15) is 521 Å². The van der Waals surface area contributed by atoms with Gasteiger partial charge >= 0.3 is 35.8 Å². The smallest absolute Gasteiger partial charge is 0.333 e. The fourth-order valence-electron chi connectivity index (χ4n) is 19.5. The van der Waals surface area contributed by atoms with E-state index in [0.29, 0.717) is 48.5 Å². The number of ether oxygens (including phenoxy) is 10. The number of methoxy groups -OCH3 is 2. The molecule has 0 aromatic heterocycles. The Balaban J connectivity index is 1.99. The SMILES string of the molecule is C=C(C)C(=O)OCCOc1c(CC)cc(CCCCCCCCCCCCCCCCCC)cc1Cc1cc(CCCCCCCCCCCCCCCCCC)cc(Cc2cc(CCCCCCCCCCCCCCCCCC)cc(Cc3cc(CCCCCCCCCCCCCCCCCC)ccc3OCCOC(=O)/C=C\C(=O)OC)c2OCCOC(=O)C(=C)C)c1OCCOC(=O)/C=C\C(=O)OC. The number of benzene rings is 4. The Kier molecular flexibility index (Phi) is 78.2. The van der Waals surface area contributed by atoms with Gasteiger partial charge in [-0.15, -0.1) is 0 Å². The third kappa shape index (κ3) is 65.3. The van der Waals surface area contributed by atoms with Crippen LogP contribution >= 0.6 is 0 Å². The zero-order valence-corrected chi connectivity index (χ0v) is 92.5. The highest BCUT2D eigenvalue weighted by molar-refractivity contribution is 5.92. The van der Waals surface area contributed by atoms with Gasteiger partial charge < -0.3 is 47.4 Å². The van der Waals surface area contributed by atoms with E-state index in [0.717, 1.165) is 170 Å². The first-order valence-electron chi connectivity index (χ1n) is 58.5. The Hall–Kier alpha value is -8.14. The molecule has 0 spiro atoms. The first-order chi connectivity index (χ1) is 70.0. The van der Waals surface area contributed by atoms with Crippen molar-refractivity contribution in [3.8, 4) is 23.0 Å². The summed E-state index contributed by atoms with van der Waals surface area (Å²) in [5.41, 5.74) is 12.0. The van der Waals surface area contributed by atoms with Gasteiger partial charge in [0.1, 0.15) is 75.9 Å². The molecule has 0 aliphatic carbocycles. The van der Waals surface area contributed by atoms with E-state index in [1.165, 1.54) is 372 Å². The van der Waals surface area contributed by atoms with Gasteiger partial charge in [-0.05, 0) is 139 Å². The maximum Gasteiger partial charge on any atom is 0.333 e. The van der Waals surface area contributed by atoms with Gasteiger partial charge in [0.2, 0.25) is 0 Å². The molecule has 0 radical (unpaired) electrons. The van der Waals surface area contributed by atoms with Crippen molar-refractivity contribution in [3.63, 3.8) is 0 Å². The highest BCUT2D eigenvalue weighted by atomic mass is 16.6. The number of rotatable bonds is 97. The van der Waals surface area contributed by atoms with Crippen molar-refractivity contribution >= 4 is 35.8 Å². The van der Waals surface area contributed by atoms with Gasteiger partial charge in [0, 0.05) is 54.7 Å². The number of hydrogen-bond acceptors (Lipinski definition) is 16. The molecule has 0 fully saturated rings. The molecule has 0 aliphatic heterocycles. The highest BCUT2D eigenvalue weighted by Gasteiger charge is 2.25. The molecule has 0 unspecified atom stereocenters. The van der Waals surface area contributed by atoms with Crippen molar-refractivity contribution in [2.45, 2.75) is 511 Å². The number of carbonyl (C=O) groups excluding carboxylic acids is 6.